The van der Waals surface area contributed by atoms with Gasteiger partial charge in [0, 0.05) is 16.7 Å². The van der Waals surface area contributed by atoms with Crippen molar-refractivity contribution < 1.29 is 0 Å². The maximum absolute atomic E-state index is 4.63. The van der Waals surface area contributed by atoms with Gasteiger partial charge in [0.05, 0.1) is 5.69 Å². The molecule has 0 aliphatic carbocycles. The van der Waals surface area contributed by atoms with Gasteiger partial charge in [-0.25, -0.2) is 4.98 Å². The number of aryl methyl sites for hydroxylation is 1. The Morgan fingerprint density at radius 1 is 1.38 bits per heavy atom. The van der Waals surface area contributed by atoms with Crippen LogP contribution in [0.25, 0.3) is 0 Å². The first-order valence-electron chi connectivity index (χ1n) is 5.75. The number of thiazole rings is 1. The van der Waals surface area contributed by atoms with Crippen molar-refractivity contribution in [1.29, 1.82) is 0 Å². The third-order valence-electron chi connectivity index (χ3n) is 2.38. The molecule has 16 heavy (non-hydrogen) atoms. The van der Waals surface area contributed by atoms with Gasteiger partial charge in [0.2, 0.25) is 0 Å². The summed E-state index contributed by atoms with van der Waals surface area (Å²) in [6.45, 7) is 8.81. The van der Waals surface area contributed by atoms with Crippen molar-refractivity contribution in [2.24, 2.45) is 5.92 Å². The Morgan fingerprint density at radius 2 is 2.06 bits per heavy atom. The number of nitrogens with zero attached hydrogens (tertiary/aromatic N) is 1. The predicted molar refractivity (Wildman–Crippen MR) is 75.3 cm³/mol. The van der Waals surface area contributed by atoms with Crippen LogP contribution in [0.5, 0.6) is 0 Å². The van der Waals surface area contributed by atoms with Gasteiger partial charge >= 0.3 is 0 Å². The molecular weight excluding hydrogens is 236 g/mol. The Morgan fingerprint density at radius 3 is 2.62 bits per heavy atom. The van der Waals surface area contributed by atoms with Crippen LogP contribution in [0, 0.1) is 12.8 Å². The zero-order valence-electron chi connectivity index (χ0n) is 10.8. The van der Waals surface area contributed by atoms with Crippen molar-refractivity contribution >= 4 is 23.1 Å². The van der Waals surface area contributed by atoms with Crippen LogP contribution in [0.2, 0.25) is 0 Å². The van der Waals surface area contributed by atoms with Crippen molar-refractivity contribution in [3.8, 4) is 0 Å². The van der Waals surface area contributed by atoms with E-state index >= 15 is 0 Å². The molecule has 0 aliphatic rings. The molecule has 0 radical (unpaired) electrons. The number of nitrogens with one attached hydrogen (secondary N) is 1. The van der Waals surface area contributed by atoms with Gasteiger partial charge in [-0.15, -0.1) is 11.3 Å². The summed E-state index contributed by atoms with van der Waals surface area (Å²) in [7, 11) is 2.00. The summed E-state index contributed by atoms with van der Waals surface area (Å²) in [5, 5.41) is 4.54. The minimum atomic E-state index is 0.418. The van der Waals surface area contributed by atoms with Gasteiger partial charge in [-0.1, -0.05) is 13.8 Å². The van der Waals surface area contributed by atoms with Gasteiger partial charge in [0.25, 0.3) is 0 Å². The van der Waals surface area contributed by atoms with Crippen molar-refractivity contribution in [2.75, 3.05) is 12.8 Å². The highest BCUT2D eigenvalue weighted by Gasteiger charge is 2.12. The van der Waals surface area contributed by atoms with Gasteiger partial charge < -0.3 is 5.32 Å². The third-order valence-corrected chi connectivity index (χ3v) is 5.28. The summed E-state index contributed by atoms with van der Waals surface area (Å²) in [4.78, 5) is 6.01. The summed E-state index contributed by atoms with van der Waals surface area (Å²) >= 11 is 3.83. The van der Waals surface area contributed by atoms with Gasteiger partial charge in [0.15, 0.2) is 0 Å². The summed E-state index contributed by atoms with van der Waals surface area (Å²) < 4.78 is 0. The molecule has 0 spiro atoms. The van der Waals surface area contributed by atoms with E-state index in [0.29, 0.717) is 6.04 Å². The highest BCUT2D eigenvalue weighted by atomic mass is 32.2. The van der Waals surface area contributed by atoms with Crippen LogP contribution in [0.1, 0.15) is 42.4 Å². The second-order valence-electron chi connectivity index (χ2n) is 4.48. The molecule has 0 aromatic carbocycles. The van der Waals surface area contributed by atoms with Crippen LogP contribution in [-0.4, -0.2) is 17.8 Å². The fourth-order valence-corrected chi connectivity index (χ4v) is 3.68. The van der Waals surface area contributed by atoms with E-state index < -0.39 is 0 Å². The molecule has 2 nitrogen and oxygen atoms in total. The topological polar surface area (TPSA) is 24.9 Å². The van der Waals surface area contributed by atoms with E-state index in [1.165, 1.54) is 21.3 Å². The first-order valence-corrected chi connectivity index (χ1v) is 7.73. The summed E-state index contributed by atoms with van der Waals surface area (Å²) in [5.74, 6) is 3.04. The lowest BCUT2D eigenvalue weighted by atomic mass is 10.2. The fourth-order valence-electron chi connectivity index (χ4n) is 1.44. The molecule has 0 aliphatic heterocycles. The van der Waals surface area contributed by atoms with E-state index in [1.54, 1.807) is 0 Å². The molecular formula is C12H22N2S2. The monoisotopic (exact) mass is 258 g/mol. The average molecular weight is 258 g/mol. The first-order chi connectivity index (χ1) is 7.54. The Bertz CT molecular complexity index is 321. The summed E-state index contributed by atoms with van der Waals surface area (Å²) in [6.07, 6.45) is 0. The molecule has 1 N–H and O–H groups in total. The molecule has 1 rings (SSSR count). The quantitative estimate of drug-likeness (QED) is 0.843. The second-order valence-corrected chi connectivity index (χ2v) is 6.62. The predicted octanol–water partition coefficient (Wildman–Crippen LogP) is 3.62. The van der Waals surface area contributed by atoms with E-state index in [2.05, 4.69) is 38.0 Å². The lowest BCUT2D eigenvalue weighted by Crippen LogP contribution is -2.11. The molecule has 0 saturated carbocycles. The summed E-state index contributed by atoms with van der Waals surface area (Å²) in [5.41, 5.74) is 1.19. The number of hydrogen-bond acceptors (Lipinski definition) is 4. The van der Waals surface area contributed by atoms with Crippen LogP contribution in [-0.2, 0) is 5.75 Å². The smallest absolute Gasteiger partial charge is 0.103 e. The summed E-state index contributed by atoms with van der Waals surface area (Å²) in [6, 6.07) is 0.418. The zero-order chi connectivity index (χ0) is 12.1. The molecule has 1 unspecified atom stereocenters. The van der Waals surface area contributed by atoms with Crippen molar-refractivity contribution in [1.82, 2.24) is 10.3 Å². The van der Waals surface area contributed by atoms with Crippen LogP contribution in [0.4, 0.5) is 0 Å². The molecule has 0 bridgehead atoms. The van der Waals surface area contributed by atoms with Crippen LogP contribution in [0.3, 0.4) is 0 Å². The van der Waals surface area contributed by atoms with Gasteiger partial charge in [-0.2, -0.15) is 11.8 Å². The van der Waals surface area contributed by atoms with Crippen LogP contribution in [0.15, 0.2) is 0 Å². The largest absolute Gasteiger partial charge is 0.312 e. The zero-order valence-corrected chi connectivity index (χ0v) is 12.5. The molecule has 1 aromatic heterocycles. The van der Waals surface area contributed by atoms with E-state index in [1.807, 2.05) is 30.1 Å². The number of thioether (sulfide) groups is 1. The molecule has 1 aromatic rings. The maximum atomic E-state index is 4.63. The maximum Gasteiger partial charge on any atom is 0.103 e. The normalized spacial score (nSPS) is 13.4. The molecule has 1 atom stereocenters. The van der Waals surface area contributed by atoms with E-state index in [9.17, 15) is 0 Å². The van der Waals surface area contributed by atoms with Gasteiger partial charge in [0.1, 0.15) is 5.01 Å². The Balaban J connectivity index is 2.55. The van der Waals surface area contributed by atoms with Crippen LogP contribution < -0.4 is 5.32 Å². The van der Waals surface area contributed by atoms with E-state index in [-0.39, 0.29) is 0 Å². The average Bonchev–Trinajstić information content (AvgIpc) is 2.58. The van der Waals surface area contributed by atoms with Gasteiger partial charge in [-0.05, 0) is 32.6 Å². The molecule has 0 amide bonds. The second kappa shape index (κ2) is 6.62. The Labute approximate surface area is 107 Å². The minimum absolute atomic E-state index is 0.418. The SMILES string of the molecule is CNC(C)c1sc(CSCC(C)C)nc1C. The fraction of sp³-hybridized carbons (Fsp3) is 0.750. The van der Waals surface area contributed by atoms with Crippen LogP contribution >= 0.6 is 23.1 Å². The standard InChI is InChI=1S/C12H22N2S2/c1-8(2)6-15-7-11-14-10(4)12(16-11)9(3)13-5/h8-9,13H,6-7H2,1-5H3. The van der Waals surface area contributed by atoms with Crippen molar-refractivity contribution in [2.45, 2.75) is 39.5 Å². The highest BCUT2D eigenvalue weighted by molar-refractivity contribution is 7.98. The van der Waals surface area contributed by atoms with Gasteiger partial charge in [-0.3, -0.25) is 0 Å². The molecule has 0 fully saturated rings. The Kier molecular flexibility index (Phi) is 5.79. The lowest BCUT2D eigenvalue weighted by Gasteiger charge is -2.07. The Hall–Kier alpha value is -0.0600. The third kappa shape index (κ3) is 4.07. The minimum Gasteiger partial charge on any atom is -0.312 e. The highest BCUT2D eigenvalue weighted by Crippen LogP contribution is 2.27. The molecule has 1 heterocycles. The van der Waals surface area contributed by atoms with E-state index in [4.69, 9.17) is 0 Å². The number of rotatable bonds is 6. The first kappa shape index (κ1) is 14.0. The number of hydrogen-bond donors (Lipinski definition) is 1. The van der Waals surface area contributed by atoms with E-state index in [0.717, 1.165) is 11.7 Å². The lowest BCUT2D eigenvalue weighted by molar-refractivity contribution is 0.658. The molecule has 4 heteroatoms. The van der Waals surface area contributed by atoms with Crippen molar-refractivity contribution in [3.05, 3.63) is 15.6 Å². The molecule has 92 valence electrons. The molecule has 0 saturated heterocycles. The number of aromatic nitrogens is 1. The van der Waals surface area contributed by atoms with Crippen molar-refractivity contribution in [3.63, 3.8) is 0 Å².